The second-order valence-corrected chi connectivity index (χ2v) is 6.02. The van der Waals surface area contributed by atoms with Gasteiger partial charge in [0.2, 0.25) is 0 Å². The second kappa shape index (κ2) is 6.39. The molecule has 8 nitrogen and oxygen atoms in total. The van der Waals surface area contributed by atoms with Gasteiger partial charge in [0.1, 0.15) is 30.0 Å². The van der Waals surface area contributed by atoms with Gasteiger partial charge in [-0.25, -0.2) is 9.97 Å². The molecule has 0 unspecified atom stereocenters. The lowest BCUT2D eigenvalue weighted by Gasteiger charge is -2.33. The van der Waals surface area contributed by atoms with E-state index in [-0.39, 0.29) is 11.9 Å². The summed E-state index contributed by atoms with van der Waals surface area (Å²) < 4.78 is 39.8. The van der Waals surface area contributed by atoms with E-state index in [0.717, 1.165) is 44.1 Å². The highest BCUT2D eigenvalue weighted by Crippen LogP contribution is 2.28. The van der Waals surface area contributed by atoms with E-state index in [1.165, 1.54) is 0 Å². The van der Waals surface area contributed by atoms with Gasteiger partial charge in [0.05, 0.1) is 0 Å². The largest absolute Gasteiger partial charge is 0.433 e. The van der Waals surface area contributed by atoms with Crippen molar-refractivity contribution in [2.75, 3.05) is 23.3 Å². The van der Waals surface area contributed by atoms with Crippen LogP contribution >= 0.6 is 0 Å². The minimum atomic E-state index is -4.48. The number of alkyl halides is 3. The van der Waals surface area contributed by atoms with Crippen LogP contribution in [0.5, 0.6) is 0 Å². The lowest BCUT2D eigenvalue weighted by molar-refractivity contribution is -0.141. The molecule has 0 spiro atoms. The molecule has 1 N–H and O–H groups in total. The standard InChI is InChI=1S/C15H15F3N8/c16-15(17,18)11-7-12(20-8-19-11)22-10-3-5-25(6-4-10)14-2-1-13-23-21-9-26(13)24-14/h1-2,7-10H,3-6H2,(H,19,20,22). The van der Waals surface area contributed by atoms with Crippen LogP contribution in [0.2, 0.25) is 0 Å². The van der Waals surface area contributed by atoms with Crippen LogP contribution in [0.1, 0.15) is 18.5 Å². The number of piperidine rings is 1. The predicted octanol–water partition coefficient (Wildman–Crippen LogP) is 2.01. The summed E-state index contributed by atoms with van der Waals surface area (Å²) in [4.78, 5) is 9.28. The Labute approximate surface area is 146 Å². The molecule has 4 rings (SSSR count). The molecule has 136 valence electrons. The molecular formula is C15H15F3N8. The smallest absolute Gasteiger partial charge is 0.367 e. The number of fused-ring (bicyclic) bond motifs is 1. The Balaban J connectivity index is 1.39. The van der Waals surface area contributed by atoms with Crippen LogP contribution in [0.15, 0.2) is 30.9 Å². The third kappa shape index (κ3) is 3.37. The molecule has 0 aromatic carbocycles. The van der Waals surface area contributed by atoms with Crippen LogP contribution in [-0.4, -0.2) is 48.9 Å². The summed E-state index contributed by atoms with van der Waals surface area (Å²) >= 11 is 0. The number of hydrogen-bond acceptors (Lipinski definition) is 7. The Morgan fingerprint density at radius 1 is 1.12 bits per heavy atom. The topological polar surface area (TPSA) is 84.1 Å². The summed E-state index contributed by atoms with van der Waals surface area (Å²) in [5.41, 5.74) is -0.270. The third-order valence-corrected chi connectivity index (χ3v) is 4.28. The van der Waals surface area contributed by atoms with Crippen molar-refractivity contribution in [1.29, 1.82) is 0 Å². The maximum absolute atomic E-state index is 12.7. The zero-order valence-electron chi connectivity index (χ0n) is 13.6. The van der Waals surface area contributed by atoms with E-state index < -0.39 is 11.9 Å². The van der Waals surface area contributed by atoms with Gasteiger partial charge in [-0.1, -0.05) is 0 Å². The molecule has 0 amide bonds. The summed E-state index contributed by atoms with van der Waals surface area (Å²) in [6.07, 6.45) is -0.491. The molecule has 1 fully saturated rings. The first kappa shape index (κ1) is 16.5. The fourth-order valence-electron chi connectivity index (χ4n) is 2.94. The van der Waals surface area contributed by atoms with Crippen LogP contribution < -0.4 is 10.2 Å². The summed E-state index contributed by atoms with van der Waals surface area (Å²) in [5, 5.41) is 15.2. The van der Waals surface area contributed by atoms with Crippen LogP contribution in [-0.2, 0) is 6.18 Å². The molecule has 0 radical (unpaired) electrons. The van der Waals surface area contributed by atoms with Crippen molar-refractivity contribution >= 4 is 17.3 Å². The second-order valence-electron chi connectivity index (χ2n) is 6.02. The van der Waals surface area contributed by atoms with Crippen LogP contribution in [0.4, 0.5) is 24.8 Å². The van der Waals surface area contributed by atoms with Crippen LogP contribution in [0.3, 0.4) is 0 Å². The summed E-state index contributed by atoms with van der Waals surface area (Å²) in [6.45, 7) is 1.46. The fourth-order valence-corrected chi connectivity index (χ4v) is 2.94. The highest BCUT2D eigenvalue weighted by Gasteiger charge is 2.33. The Kier molecular flexibility index (Phi) is 4.05. The van der Waals surface area contributed by atoms with E-state index >= 15 is 0 Å². The molecule has 1 saturated heterocycles. The van der Waals surface area contributed by atoms with Crippen molar-refractivity contribution in [3.63, 3.8) is 0 Å². The molecule has 4 heterocycles. The Morgan fingerprint density at radius 2 is 1.92 bits per heavy atom. The molecule has 3 aromatic heterocycles. The van der Waals surface area contributed by atoms with Gasteiger partial charge in [-0.3, -0.25) is 0 Å². The first-order chi connectivity index (χ1) is 12.5. The molecule has 26 heavy (non-hydrogen) atoms. The average molecular weight is 364 g/mol. The SMILES string of the molecule is FC(F)(F)c1cc(NC2CCN(c3ccc4nncn4n3)CC2)ncn1. The number of halogens is 3. The van der Waals surface area contributed by atoms with Crippen molar-refractivity contribution in [3.05, 3.63) is 36.5 Å². The average Bonchev–Trinajstić information content (AvgIpc) is 3.10. The zero-order valence-corrected chi connectivity index (χ0v) is 13.6. The predicted molar refractivity (Wildman–Crippen MR) is 86.7 cm³/mol. The van der Waals surface area contributed by atoms with Gasteiger partial charge in [-0.2, -0.15) is 17.7 Å². The molecule has 11 heteroatoms. The van der Waals surface area contributed by atoms with Gasteiger partial charge < -0.3 is 10.2 Å². The maximum atomic E-state index is 12.7. The maximum Gasteiger partial charge on any atom is 0.433 e. The van der Waals surface area contributed by atoms with E-state index in [1.807, 2.05) is 12.1 Å². The molecule has 1 aliphatic rings. The molecule has 0 atom stereocenters. The van der Waals surface area contributed by atoms with Gasteiger partial charge in [0.15, 0.2) is 5.65 Å². The van der Waals surface area contributed by atoms with E-state index in [2.05, 4.69) is 35.5 Å². The lowest BCUT2D eigenvalue weighted by Crippen LogP contribution is -2.39. The van der Waals surface area contributed by atoms with Crippen LogP contribution in [0, 0.1) is 0 Å². The molecule has 0 saturated carbocycles. The van der Waals surface area contributed by atoms with Crippen molar-refractivity contribution < 1.29 is 13.2 Å². The van der Waals surface area contributed by atoms with Gasteiger partial charge in [0, 0.05) is 25.2 Å². The number of aromatic nitrogens is 6. The quantitative estimate of drug-likeness (QED) is 0.761. The fraction of sp³-hybridized carbons (Fsp3) is 0.400. The van der Waals surface area contributed by atoms with Gasteiger partial charge in [-0.05, 0) is 25.0 Å². The van der Waals surface area contributed by atoms with Crippen LogP contribution in [0.25, 0.3) is 5.65 Å². The monoisotopic (exact) mass is 364 g/mol. The van der Waals surface area contributed by atoms with Gasteiger partial charge in [0.25, 0.3) is 0 Å². The zero-order chi connectivity index (χ0) is 18.1. The minimum absolute atomic E-state index is 0.0425. The Morgan fingerprint density at radius 3 is 2.69 bits per heavy atom. The van der Waals surface area contributed by atoms with Crippen molar-refractivity contribution in [2.45, 2.75) is 25.1 Å². The molecule has 3 aromatic rings. The summed E-state index contributed by atoms with van der Waals surface area (Å²) in [6, 6.07) is 4.71. The van der Waals surface area contributed by atoms with Crippen molar-refractivity contribution in [2.24, 2.45) is 0 Å². The first-order valence-corrected chi connectivity index (χ1v) is 8.07. The number of nitrogens with zero attached hydrogens (tertiary/aromatic N) is 7. The van der Waals surface area contributed by atoms with Gasteiger partial charge in [-0.15, -0.1) is 15.3 Å². The number of nitrogens with one attached hydrogen (secondary N) is 1. The van der Waals surface area contributed by atoms with Crippen molar-refractivity contribution in [3.8, 4) is 0 Å². The van der Waals surface area contributed by atoms with E-state index in [9.17, 15) is 13.2 Å². The number of rotatable bonds is 3. The van der Waals surface area contributed by atoms with Crippen molar-refractivity contribution in [1.82, 2.24) is 29.8 Å². The highest BCUT2D eigenvalue weighted by molar-refractivity contribution is 5.45. The molecule has 0 bridgehead atoms. The Bertz CT molecular complexity index is 901. The first-order valence-electron chi connectivity index (χ1n) is 8.07. The summed E-state index contributed by atoms with van der Waals surface area (Å²) in [5.74, 6) is 1.01. The van der Waals surface area contributed by atoms with Gasteiger partial charge >= 0.3 is 6.18 Å². The normalized spacial score (nSPS) is 16.2. The van der Waals surface area contributed by atoms with E-state index in [4.69, 9.17) is 0 Å². The Hall–Kier alpha value is -2.98. The van der Waals surface area contributed by atoms with E-state index in [0.29, 0.717) is 5.65 Å². The number of anilines is 2. The molecule has 0 aliphatic carbocycles. The molecular weight excluding hydrogens is 349 g/mol. The number of hydrogen-bond donors (Lipinski definition) is 1. The summed E-state index contributed by atoms with van der Waals surface area (Å²) in [7, 11) is 0. The molecule has 1 aliphatic heterocycles. The minimum Gasteiger partial charge on any atom is -0.367 e. The van der Waals surface area contributed by atoms with E-state index in [1.54, 1.807) is 10.8 Å². The lowest BCUT2D eigenvalue weighted by atomic mass is 10.1. The third-order valence-electron chi connectivity index (χ3n) is 4.28. The highest BCUT2D eigenvalue weighted by atomic mass is 19.4.